The van der Waals surface area contributed by atoms with Crippen molar-refractivity contribution in [3.8, 4) is 0 Å². The van der Waals surface area contributed by atoms with Gasteiger partial charge in [-0.1, -0.05) is 96.0 Å². The first-order chi connectivity index (χ1) is 14.6. The summed E-state index contributed by atoms with van der Waals surface area (Å²) in [6.07, 6.45) is 8.24. The molecule has 0 fully saturated rings. The highest BCUT2D eigenvalue weighted by Gasteiger charge is 2.06. The Morgan fingerprint density at radius 1 is 0.633 bits per heavy atom. The first kappa shape index (κ1) is 27.8. The van der Waals surface area contributed by atoms with Crippen LogP contribution in [0.3, 0.4) is 0 Å². The van der Waals surface area contributed by atoms with Gasteiger partial charge in [0.15, 0.2) is 11.6 Å². The number of Topliss-reactive ketones (excluding diaryl/α,β-unsaturated/α-hetero) is 2. The molecule has 166 valence electrons. The van der Waals surface area contributed by atoms with Crippen molar-refractivity contribution in [3.05, 3.63) is 70.8 Å². The molecule has 2 aromatic carbocycles. The highest BCUT2D eigenvalue weighted by molar-refractivity contribution is 5.96. The minimum absolute atomic E-state index is 0.0959. The predicted molar refractivity (Wildman–Crippen MR) is 131 cm³/mol. The van der Waals surface area contributed by atoms with E-state index >= 15 is 0 Å². The number of hydrogen-bond acceptors (Lipinski definition) is 2. The summed E-state index contributed by atoms with van der Waals surface area (Å²) in [6.45, 7) is 11.8. The van der Waals surface area contributed by atoms with E-state index in [-0.39, 0.29) is 11.6 Å². The largest absolute Gasteiger partial charge is 0.295 e. The van der Waals surface area contributed by atoms with Crippen LogP contribution in [0.4, 0.5) is 0 Å². The van der Waals surface area contributed by atoms with Gasteiger partial charge in [0.25, 0.3) is 0 Å². The minimum Gasteiger partial charge on any atom is -0.295 e. The maximum Gasteiger partial charge on any atom is 0.162 e. The van der Waals surface area contributed by atoms with Crippen molar-refractivity contribution in [3.63, 3.8) is 0 Å². The van der Waals surface area contributed by atoms with Crippen LogP contribution in [0.5, 0.6) is 0 Å². The second kappa shape index (κ2) is 17.6. The monoisotopic (exact) mass is 410 g/mol. The van der Waals surface area contributed by atoms with Crippen LogP contribution in [0.15, 0.2) is 48.5 Å². The Balaban J connectivity index is 0.00000198. The van der Waals surface area contributed by atoms with Gasteiger partial charge in [-0.25, -0.2) is 0 Å². The van der Waals surface area contributed by atoms with Gasteiger partial charge < -0.3 is 0 Å². The van der Waals surface area contributed by atoms with Crippen molar-refractivity contribution in [2.75, 3.05) is 0 Å². The van der Waals surface area contributed by atoms with Gasteiger partial charge in [-0.05, 0) is 50.2 Å². The lowest BCUT2D eigenvalue weighted by Gasteiger charge is -2.05. The fraction of sp³-hybridized carbons (Fsp3) is 0.500. The molecule has 0 aliphatic rings. The van der Waals surface area contributed by atoms with E-state index < -0.39 is 0 Å². The molecule has 0 aliphatic carbocycles. The summed E-state index contributed by atoms with van der Waals surface area (Å²) >= 11 is 0. The number of unbranched alkanes of at least 4 members (excludes halogenated alkanes) is 3. The number of rotatable bonds is 11. The smallest absolute Gasteiger partial charge is 0.162 e. The molecule has 0 bridgehead atoms. The second-order valence-electron chi connectivity index (χ2n) is 7.04. The second-order valence-corrected chi connectivity index (χ2v) is 7.04. The molecule has 30 heavy (non-hydrogen) atoms. The Kier molecular flexibility index (Phi) is 16.3. The van der Waals surface area contributed by atoms with Crippen molar-refractivity contribution < 1.29 is 9.59 Å². The van der Waals surface area contributed by atoms with Crippen molar-refractivity contribution in [2.45, 2.75) is 92.9 Å². The average molecular weight is 411 g/mol. The molecule has 0 N–H and O–H groups in total. The van der Waals surface area contributed by atoms with Crippen LogP contribution < -0.4 is 0 Å². The van der Waals surface area contributed by atoms with E-state index in [1.165, 1.54) is 30.4 Å². The molecule has 0 atom stereocenters. The van der Waals surface area contributed by atoms with Crippen LogP contribution in [-0.2, 0) is 12.8 Å². The van der Waals surface area contributed by atoms with Crippen LogP contribution >= 0.6 is 0 Å². The summed E-state index contributed by atoms with van der Waals surface area (Å²) in [6, 6.07) is 15.9. The number of ketones is 2. The molecule has 2 nitrogen and oxygen atoms in total. The van der Waals surface area contributed by atoms with Gasteiger partial charge in [0.05, 0.1) is 0 Å². The molecule has 0 amide bonds. The molecular formula is C28H42O2. The SMILES string of the molecule is CC.CC.CCCCCc1ccc(C(=O)CCCCc2ccc(C(C)=O)cc2)cc1. The summed E-state index contributed by atoms with van der Waals surface area (Å²) in [5.41, 5.74) is 4.13. The fourth-order valence-corrected chi connectivity index (χ4v) is 3.10. The Morgan fingerprint density at radius 2 is 1.07 bits per heavy atom. The minimum atomic E-state index is 0.0959. The van der Waals surface area contributed by atoms with E-state index in [4.69, 9.17) is 0 Å². The third-order valence-electron chi connectivity index (χ3n) is 4.82. The highest BCUT2D eigenvalue weighted by Crippen LogP contribution is 2.14. The molecule has 2 rings (SSSR count). The molecule has 0 unspecified atom stereocenters. The van der Waals surface area contributed by atoms with E-state index in [0.29, 0.717) is 6.42 Å². The maximum atomic E-state index is 12.3. The van der Waals surface area contributed by atoms with Crippen LogP contribution in [0.25, 0.3) is 0 Å². The van der Waals surface area contributed by atoms with Gasteiger partial charge in [0.2, 0.25) is 0 Å². The van der Waals surface area contributed by atoms with Crippen molar-refractivity contribution >= 4 is 11.6 Å². The van der Waals surface area contributed by atoms with Crippen LogP contribution in [0.1, 0.15) is 112 Å². The zero-order chi connectivity index (χ0) is 22.8. The molecule has 0 saturated heterocycles. The lowest BCUT2D eigenvalue weighted by molar-refractivity contribution is 0.0977. The van der Waals surface area contributed by atoms with Crippen molar-refractivity contribution in [1.29, 1.82) is 0 Å². The van der Waals surface area contributed by atoms with E-state index in [0.717, 1.165) is 36.8 Å². The topological polar surface area (TPSA) is 34.1 Å². The van der Waals surface area contributed by atoms with Crippen molar-refractivity contribution in [1.82, 2.24) is 0 Å². The number of benzene rings is 2. The molecule has 0 heterocycles. The molecule has 0 spiro atoms. The first-order valence-electron chi connectivity index (χ1n) is 11.8. The van der Waals surface area contributed by atoms with Crippen LogP contribution in [0.2, 0.25) is 0 Å². The zero-order valence-electron chi connectivity index (χ0n) is 20.1. The lowest BCUT2D eigenvalue weighted by atomic mass is 9.99. The third kappa shape index (κ3) is 11.1. The Hall–Kier alpha value is -2.22. The molecule has 2 aromatic rings. The predicted octanol–water partition coefficient (Wildman–Crippen LogP) is 8.27. The fourth-order valence-electron chi connectivity index (χ4n) is 3.10. The quantitative estimate of drug-likeness (QED) is 0.276. The van der Waals surface area contributed by atoms with Crippen molar-refractivity contribution in [2.24, 2.45) is 0 Å². The number of carbonyl (C=O) groups is 2. The molecule has 0 saturated carbocycles. The Morgan fingerprint density at radius 3 is 1.50 bits per heavy atom. The number of aryl methyl sites for hydroxylation is 2. The Bertz CT molecular complexity index is 696. The molecular weight excluding hydrogens is 368 g/mol. The number of carbonyl (C=O) groups excluding carboxylic acids is 2. The van der Waals surface area contributed by atoms with E-state index in [9.17, 15) is 9.59 Å². The van der Waals surface area contributed by atoms with Gasteiger partial charge in [0.1, 0.15) is 0 Å². The van der Waals surface area contributed by atoms with Gasteiger partial charge in [-0.3, -0.25) is 9.59 Å². The summed E-state index contributed by atoms with van der Waals surface area (Å²) in [5.74, 6) is 0.329. The zero-order valence-corrected chi connectivity index (χ0v) is 20.1. The van der Waals surface area contributed by atoms with Gasteiger partial charge in [-0.2, -0.15) is 0 Å². The van der Waals surface area contributed by atoms with Gasteiger partial charge >= 0.3 is 0 Å². The molecule has 0 aliphatic heterocycles. The van der Waals surface area contributed by atoms with E-state index in [2.05, 4.69) is 19.1 Å². The standard InChI is InChI=1S/C24H30O2.2C2H6/c1-3-4-5-8-20-13-17-23(18-14-20)24(26)10-7-6-9-21-11-15-22(16-12-21)19(2)25;2*1-2/h11-18H,3-10H2,1-2H3;2*1-2H3. The van der Waals surface area contributed by atoms with Gasteiger partial charge in [-0.15, -0.1) is 0 Å². The summed E-state index contributed by atoms with van der Waals surface area (Å²) in [5, 5.41) is 0. The molecule has 0 radical (unpaired) electrons. The summed E-state index contributed by atoms with van der Waals surface area (Å²) < 4.78 is 0. The lowest BCUT2D eigenvalue weighted by Crippen LogP contribution is -2.00. The Labute approximate surface area is 185 Å². The first-order valence-corrected chi connectivity index (χ1v) is 11.8. The van der Waals surface area contributed by atoms with Gasteiger partial charge in [0, 0.05) is 17.5 Å². The van der Waals surface area contributed by atoms with Crippen LogP contribution in [0, 0.1) is 0 Å². The normalized spacial score (nSPS) is 9.67. The maximum absolute atomic E-state index is 12.3. The highest BCUT2D eigenvalue weighted by atomic mass is 16.1. The summed E-state index contributed by atoms with van der Waals surface area (Å²) in [7, 11) is 0. The number of hydrogen-bond donors (Lipinski definition) is 0. The summed E-state index contributed by atoms with van der Waals surface area (Å²) in [4.78, 5) is 23.6. The van der Waals surface area contributed by atoms with E-state index in [1.54, 1.807) is 6.92 Å². The van der Waals surface area contributed by atoms with E-state index in [1.807, 2.05) is 64.1 Å². The average Bonchev–Trinajstić information content (AvgIpc) is 2.80. The third-order valence-corrected chi connectivity index (χ3v) is 4.82. The van der Waals surface area contributed by atoms with Crippen LogP contribution in [-0.4, -0.2) is 11.6 Å². The molecule has 2 heteroatoms. The molecule has 0 aromatic heterocycles.